The molecule has 120 valence electrons. The zero-order valence-corrected chi connectivity index (χ0v) is 14.3. The molecular weight excluding hydrogens is 284 g/mol. The molecule has 0 aliphatic heterocycles. The summed E-state index contributed by atoms with van der Waals surface area (Å²) in [4.78, 5) is 9.95. The zero-order valence-electron chi connectivity index (χ0n) is 14.3. The number of hydrogen-bond donors (Lipinski definition) is 2. The topological polar surface area (TPSA) is 44.0 Å². The van der Waals surface area contributed by atoms with Gasteiger partial charge in [0.1, 0.15) is 0 Å². The molecule has 0 radical (unpaired) electrons. The van der Waals surface area contributed by atoms with Crippen molar-refractivity contribution in [3.8, 4) is 0 Å². The summed E-state index contributed by atoms with van der Waals surface area (Å²) in [6.07, 6.45) is 3.79. The zero-order chi connectivity index (χ0) is 16.4. The molecule has 2 N–H and O–H groups in total. The molecule has 2 heterocycles. The maximum absolute atomic E-state index is 4.32. The van der Waals surface area contributed by atoms with Gasteiger partial charge in [-0.05, 0) is 62.8 Å². The van der Waals surface area contributed by atoms with Crippen molar-refractivity contribution in [1.29, 1.82) is 0 Å². The molecule has 3 aromatic rings. The van der Waals surface area contributed by atoms with E-state index < -0.39 is 0 Å². The number of anilines is 1. The molecule has 0 spiro atoms. The molecule has 0 saturated carbocycles. The average molecular weight is 308 g/mol. The number of rotatable bonds is 5. The van der Waals surface area contributed by atoms with E-state index in [4.69, 9.17) is 0 Å². The summed E-state index contributed by atoms with van der Waals surface area (Å²) in [5.74, 6) is 0. The van der Waals surface area contributed by atoms with Crippen LogP contribution in [0.15, 0.2) is 36.7 Å². The Morgan fingerprint density at radius 1 is 1.13 bits per heavy atom. The van der Waals surface area contributed by atoms with Crippen LogP contribution < -0.4 is 5.32 Å². The molecular formula is C19H24N4. The number of nitrogens with one attached hydrogen (secondary N) is 2. The van der Waals surface area contributed by atoms with Crippen LogP contribution in [0.3, 0.4) is 0 Å². The third kappa shape index (κ3) is 3.54. The summed E-state index contributed by atoms with van der Waals surface area (Å²) < 4.78 is 0. The van der Waals surface area contributed by atoms with Crippen molar-refractivity contribution in [2.45, 2.75) is 26.9 Å². The van der Waals surface area contributed by atoms with Crippen molar-refractivity contribution in [3.05, 3.63) is 59.0 Å². The van der Waals surface area contributed by atoms with E-state index in [2.05, 4.69) is 72.4 Å². The number of hydrogen-bond acceptors (Lipinski definition) is 3. The highest BCUT2D eigenvalue weighted by Gasteiger charge is 2.05. The van der Waals surface area contributed by atoms with Crippen molar-refractivity contribution < 1.29 is 0 Å². The predicted octanol–water partition coefficient (Wildman–Crippen LogP) is 3.85. The normalized spacial score (nSPS) is 11.3. The monoisotopic (exact) mass is 308 g/mol. The molecule has 0 aliphatic carbocycles. The minimum atomic E-state index is 0.764. The largest absolute Gasteiger partial charge is 0.378 e. The van der Waals surface area contributed by atoms with Crippen molar-refractivity contribution in [2.24, 2.45) is 0 Å². The fourth-order valence-electron chi connectivity index (χ4n) is 2.84. The molecule has 4 heteroatoms. The summed E-state index contributed by atoms with van der Waals surface area (Å²) in [6.45, 7) is 5.99. The summed E-state index contributed by atoms with van der Waals surface area (Å²) in [7, 11) is 4.13. The van der Waals surface area contributed by atoms with Crippen molar-refractivity contribution in [3.63, 3.8) is 0 Å². The van der Waals surface area contributed by atoms with Gasteiger partial charge in [-0.1, -0.05) is 6.07 Å². The van der Waals surface area contributed by atoms with E-state index in [1.54, 1.807) is 0 Å². The number of aryl methyl sites for hydroxylation is 2. The molecule has 4 nitrogen and oxygen atoms in total. The van der Waals surface area contributed by atoms with Gasteiger partial charge in [0.2, 0.25) is 0 Å². The Kier molecular flexibility index (Phi) is 4.35. The first-order valence-corrected chi connectivity index (χ1v) is 7.93. The van der Waals surface area contributed by atoms with Gasteiger partial charge in [0.25, 0.3) is 0 Å². The van der Waals surface area contributed by atoms with Gasteiger partial charge in [-0.2, -0.15) is 0 Å². The van der Waals surface area contributed by atoms with Gasteiger partial charge in [0.05, 0.1) is 12.2 Å². The Hall–Kier alpha value is -2.33. The highest BCUT2D eigenvalue weighted by atomic mass is 15.0. The lowest BCUT2D eigenvalue weighted by Gasteiger charge is -2.11. The van der Waals surface area contributed by atoms with E-state index in [-0.39, 0.29) is 0 Å². The van der Waals surface area contributed by atoms with Crippen LogP contribution in [-0.2, 0) is 13.1 Å². The summed E-state index contributed by atoms with van der Waals surface area (Å²) in [5, 5.41) is 4.76. The Bertz CT molecular complexity index is 817. The number of benzene rings is 1. The number of aromatic nitrogens is 2. The molecule has 0 unspecified atom stereocenters. The lowest BCUT2D eigenvalue weighted by molar-refractivity contribution is 0.402. The Labute approximate surface area is 137 Å². The van der Waals surface area contributed by atoms with Crippen molar-refractivity contribution in [2.75, 3.05) is 19.4 Å². The van der Waals surface area contributed by atoms with E-state index in [0.717, 1.165) is 18.8 Å². The van der Waals surface area contributed by atoms with Gasteiger partial charge >= 0.3 is 0 Å². The second-order valence-corrected chi connectivity index (χ2v) is 6.44. The average Bonchev–Trinajstić information content (AvgIpc) is 2.93. The Morgan fingerprint density at radius 2 is 1.96 bits per heavy atom. The number of fused-ring (bicyclic) bond motifs is 1. The van der Waals surface area contributed by atoms with Crippen LogP contribution in [0.1, 0.15) is 22.4 Å². The molecule has 0 bridgehead atoms. The van der Waals surface area contributed by atoms with Crippen LogP contribution in [0.5, 0.6) is 0 Å². The van der Waals surface area contributed by atoms with Crippen LogP contribution in [-0.4, -0.2) is 29.0 Å². The third-order valence-electron chi connectivity index (χ3n) is 4.18. The molecule has 23 heavy (non-hydrogen) atoms. The Balaban J connectivity index is 1.74. The van der Waals surface area contributed by atoms with Crippen molar-refractivity contribution >= 4 is 16.6 Å². The first-order valence-electron chi connectivity index (χ1n) is 7.93. The lowest BCUT2D eigenvalue weighted by Crippen LogP contribution is -2.11. The maximum atomic E-state index is 4.32. The first-order chi connectivity index (χ1) is 11.0. The van der Waals surface area contributed by atoms with Crippen LogP contribution >= 0.6 is 0 Å². The van der Waals surface area contributed by atoms with Gasteiger partial charge < -0.3 is 15.2 Å². The van der Waals surface area contributed by atoms with Crippen molar-refractivity contribution in [1.82, 2.24) is 14.9 Å². The first kappa shape index (κ1) is 15.6. The highest BCUT2D eigenvalue weighted by molar-refractivity contribution is 5.84. The summed E-state index contributed by atoms with van der Waals surface area (Å²) in [6, 6.07) is 8.72. The molecule has 1 aromatic carbocycles. The Morgan fingerprint density at radius 3 is 2.74 bits per heavy atom. The molecule has 0 amide bonds. The second kappa shape index (κ2) is 6.42. The van der Waals surface area contributed by atoms with Crippen LogP contribution in [0.25, 0.3) is 10.9 Å². The van der Waals surface area contributed by atoms with Crippen LogP contribution in [0.2, 0.25) is 0 Å². The molecule has 3 rings (SSSR count). The van der Waals surface area contributed by atoms with E-state index in [0.29, 0.717) is 0 Å². The molecule has 0 aliphatic rings. The van der Waals surface area contributed by atoms with Gasteiger partial charge in [-0.3, -0.25) is 4.98 Å². The van der Waals surface area contributed by atoms with Gasteiger partial charge in [-0.25, -0.2) is 0 Å². The lowest BCUT2D eigenvalue weighted by atomic mass is 10.1. The fraction of sp³-hybridized carbons (Fsp3) is 0.316. The summed E-state index contributed by atoms with van der Waals surface area (Å²) >= 11 is 0. The predicted molar refractivity (Wildman–Crippen MR) is 96.7 cm³/mol. The van der Waals surface area contributed by atoms with E-state index in [9.17, 15) is 0 Å². The van der Waals surface area contributed by atoms with Gasteiger partial charge in [-0.15, -0.1) is 0 Å². The third-order valence-corrected chi connectivity index (χ3v) is 4.18. The number of nitrogens with zero attached hydrogens (tertiary/aromatic N) is 2. The summed E-state index contributed by atoms with van der Waals surface area (Å²) in [5.41, 5.74) is 7.33. The number of pyridine rings is 1. The second-order valence-electron chi connectivity index (χ2n) is 6.44. The number of H-pyrrole nitrogens is 1. The standard InChI is InChI=1S/C19H24N4/c1-13-5-6-19-18(14(13)2)8-17(22-19)11-21-16-7-15(9-20-10-16)12-23(3)4/h5-10,21-22H,11-12H2,1-4H3. The van der Waals surface area contributed by atoms with Crippen LogP contribution in [0, 0.1) is 13.8 Å². The van der Waals surface area contributed by atoms with Gasteiger partial charge in [0, 0.05) is 35.5 Å². The van der Waals surface area contributed by atoms with Crippen LogP contribution in [0.4, 0.5) is 5.69 Å². The molecule has 0 atom stereocenters. The fourth-order valence-corrected chi connectivity index (χ4v) is 2.84. The maximum Gasteiger partial charge on any atom is 0.0552 e. The minimum absolute atomic E-state index is 0.764. The molecule has 2 aromatic heterocycles. The minimum Gasteiger partial charge on any atom is -0.378 e. The number of aromatic amines is 1. The smallest absolute Gasteiger partial charge is 0.0552 e. The van der Waals surface area contributed by atoms with E-state index in [1.807, 2.05) is 12.4 Å². The molecule has 0 fully saturated rings. The van der Waals surface area contributed by atoms with E-state index >= 15 is 0 Å². The highest BCUT2D eigenvalue weighted by Crippen LogP contribution is 2.23. The van der Waals surface area contributed by atoms with E-state index in [1.165, 1.54) is 33.3 Å². The quantitative estimate of drug-likeness (QED) is 0.752. The van der Waals surface area contributed by atoms with Gasteiger partial charge in [0.15, 0.2) is 0 Å². The SMILES string of the molecule is Cc1ccc2[nH]c(CNc3cncc(CN(C)C)c3)cc2c1C. The molecule has 0 saturated heterocycles.